The van der Waals surface area contributed by atoms with E-state index in [9.17, 15) is 9.59 Å². The van der Waals surface area contributed by atoms with Crippen molar-refractivity contribution in [3.8, 4) is 0 Å². The van der Waals surface area contributed by atoms with E-state index >= 15 is 0 Å². The number of hydrogen-bond donors (Lipinski definition) is 1. The molecule has 1 aromatic carbocycles. The van der Waals surface area contributed by atoms with E-state index in [0.717, 1.165) is 5.56 Å². The number of hydrogen-bond acceptors (Lipinski definition) is 3. The summed E-state index contributed by atoms with van der Waals surface area (Å²) in [4.78, 5) is 24.5. The molecule has 1 aliphatic rings. The Morgan fingerprint density at radius 3 is 2.33 bits per heavy atom. The molecule has 0 aliphatic carbocycles. The van der Waals surface area contributed by atoms with Gasteiger partial charge < -0.3 is 14.7 Å². The molecular weight excluding hydrogens is 317 g/mol. The van der Waals surface area contributed by atoms with Crippen LogP contribution in [-0.4, -0.2) is 41.1 Å². The Morgan fingerprint density at radius 1 is 1.24 bits per heavy atom. The van der Waals surface area contributed by atoms with Crippen molar-refractivity contribution in [3.05, 3.63) is 33.8 Å². The number of carboxylic acid groups (broad SMARTS) is 1. The van der Waals surface area contributed by atoms with Gasteiger partial charge in [-0.1, -0.05) is 23.2 Å². The third kappa shape index (κ3) is 4.09. The van der Waals surface area contributed by atoms with Crippen LogP contribution in [0.5, 0.6) is 0 Å². The topological polar surface area (TPSA) is 66.8 Å². The highest BCUT2D eigenvalue weighted by Crippen LogP contribution is 2.23. The van der Waals surface area contributed by atoms with Crippen molar-refractivity contribution < 1.29 is 19.4 Å². The zero-order valence-corrected chi connectivity index (χ0v) is 12.9. The van der Waals surface area contributed by atoms with Crippen molar-refractivity contribution in [2.24, 2.45) is 0 Å². The lowest BCUT2D eigenvalue weighted by molar-refractivity contribution is -0.154. The van der Waals surface area contributed by atoms with Crippen LogP contribution >= 0.6 is 23.2 Å². The normalized spacial score (nSPS) is 21.3. The van der Waals surface area contributed by atoms with Crippen molar-refractivity contribution in [1.29, 1.82) is 0 Å². The molecule has 0 bridgehead atoms. The molecule has 7 heteroatoms. The summed E-state index contributed by atoms with van der Waals surface area (Å²) in [7, 11) is 1.63. The number of rotatable bonds is 4. The average Bonchev–Trinajstić information content (AvgIpc) is 2.86. The Bertz CT molecular complexity index is 544. The first-order chi connectivity index (χ1) is 9.86. The molecule has 0 unspecified atom stereocenters. The highest BCUT2D eigenvalue weighted by atomic mass is 35.5. The highest BCUT2D eigenvalue weighted by molar-refractivity contribution is 6.34. The minimum absolute atomic E-state index is 0.241. The van der Waals surface area contributed by atoms with E-state index in [1.54, 1.807) is 25.2 Å². The first-order valence-electron chi connectivity index (χ1n) is 6.45. The number of amides is 1. The monoisotopic (exact) mass is 331 g/mol. The van der Waals surface area contributed by atoms with Gasteiger partial charge in [0.05, 0.1) is 0 Å². The molecule has 5 nitrogen and oxygen atoms in total. The van der Waals surface area contributed by atoms with Crippen LogP contribution in [0, 0.1) is 0 Å². The summed E-state index contributed by atoms with van der Waals surface area (Å²) >= 11 is 11.8. The Kier molecular flexibility index (Phi) is 5.08. The van der Waals surface area contributed by atoms with Crippen LogP contribution in [0.1, 0.15) is 18.4 Å². The average molecular weight is 332 g/mol. The molecule has 1 N–H and O–H groups in total. The van der Waals surface area contributed by atoms with Crippen LogP contribution in [0.25, 0.3) is 0 Å². The SMILES string of the molecule is CN(Cc1cc(Cl)cc(Cl)c1)C(=O)[C@@H]1CC[C@H](C(=O)O)O1. The van der Waals surface area contributed by atoms with Gasteiger partial charge in [0.25, 0.3) is 5.91 Å². The van der Waals surface area contributed by atoms with Crippen molar-refractivity contribution in [3.63, 3.8) is 0 Å². The number of ether oxygens (including phenoxy) is 1. The van der Waals surface area contributed by atoms with Gasteiger partial charge in [-0.25, -0.2) is 4.79 Å². The fourth-order valence-corrected chi connectivity index (χ4v) is 2.87. The number of benzene rings is 1. The molecule has 0 radical (unpaired) electrons. The summed E-state index contributed by atoms with van der Waals surface area (Å²) in [5, 5.41) is 9.87. The summed E-state index contributed by atoms with van der Waals surface area (Å²) < 4.78 is 5.25. The minimum Gasteiger partial charge on any atom is -0.479 e. The second-order valence-corrected chi connectivity index (χ2v) is 5.87. The second-order valence-electron chi connectivity index (χ2n) is 5.00. The summed E-state index contributed by atoms with van der Waals surface area (Å²) in [6.45, 7) is 0.330. The summed E-state index contributed by atoms with van der Waals surface area (Å²) in [5.74, 6) is -1.27. The van der Waals surface area contributed by atoms with Crippen molar-refractivity contribution in [1.82, 2.24) is 4.90 Å². The molecule has 0 spiro atoms. The smallest absolute Gasteiger partial charge is 0.332 e. The third-order valence-corrected chi connectivity index (χ3v) is 3.73. The van der Waals surface area contributed by atoms with Gasteiger partial charge in [0.15, 0.2) is 6.10 Å². The lowest BCUT2D eigenvalue weighted by Gasteiger charge is -2.21. The highest BCUT2D eigenvalue weighted by Gasteiger charge is 2.35. The number of likely N-dealkylation sites (N-methyl/N-ethyl adjacent to an activating group) is 1. The minimum atomic E-state index is -1.03. The molecule has 0 saturated carbocycles. The zero-order valence-electron chi connectivity index (χ0n) is 11.4. The first-order valence-corrected chi connectivity index (χ1v) is 7.20. The number of carboxylic acids is 1. The maximum Gasteiger partial charge on any atom is 0.332 e. The van der Waals surface area contributed by atoms with Gasteiger partial charge in [-0.15, -0.1) is 0 Å². The van der Waals surface area contributed by atoms with Gasteiger partial charge >= 0.3 is 5.97 Å². The number of nitrogens with zero attached hydrogens (tertiary/aromatic N) is 1. The molecule has 0 aromatic heterocycles. The van der Waals surface area contributed by atoms with Gasteiger partial charge in [0, 0.05) is 23.6 Å². The Labute approximate surface area is 132 Å². The Morgan fingerprint density at radius 2 is 1.81 bits per heavy atom. The third-order valence-electron chi connectivity index (χ3n) is 3.29. The molecule has 114 valence electrons. The predicted molar refractivity (Wildman–Crippen MR) is 78.5 cm³/mol. The summed E-state index contributed by atoms with van der Waals surface area (Å²) in [6, 6.07) is 5.07. The van der Waals surface area contributed by atoms with E-state index < -0.39 is 18.2 Å². The molecule has 1 aromatic rings. The molecule has 1 saturated heterocycles. The van der Waals surface area contributed by atoms with Crippen LogP contribution in [-0.2, 0) is 20.9 Å². The summed E-state index contributed by atoms with van der Waals surface area (Å²) in [6.07, 6.45) is -0.835. The van der Waals surface area contributed by atoms with E-state index in [2.05, 4.69) is 0 Å². The van der Waals surface area contributed by atoms with Gasteiger partial charge in [0.2, 0.25) is 0 Å². The fourth-order valence-electron chi connectivity index (χ4n) is 2.30. The maximum atomic E-state index is 12.2. The van der Waals surface area contributed by atoms with Crippen LogP contribution in [0.2, 0.25) is 10.0 Å². The Balaban J connectivity index is 1.98. The van der Waals surface area contributed by atoms with Gasteiger partial charge in [0.1, 0.15) is 6.10 Å². The molecular formula is C14H15Cl2NO4. The van der Waals surface area contributed by atoms with Crippen molar-refractivity contribution >= 4 is 35.1 Å². The quantitative estimate of drug-likeness (QED) is 0.920. The van der Waals surface area contributed by atoms with Gasteiger partial charge in [-0.3, -0.25) is 4.79 Å². The molecule has 1 aliphatic heterocycles. The number of carbonyl (C=O) groups is 2. The molecule has 2 rings (SSSR count). The van der Waals surface area contributed by atoms with Crippen molar-refractivity contribution in [2.75, 3.05) is 7.05 Å². The molecule has 1 amide bonds. The molecule has 1 fully saturated rings. The van der Waals surface area contributed by atoms with E-state index in [1.807, 2.05) is 0 Å². The largest absolute Gasteiger partial charge is 0.479 e. The molecule has 1 heterocycles. The van der Waals surface area contributed by atoms with Gasteiger partial charge in [-0.2, -0.15) is 0 Å². The van der Waals surface area contributed by atoms with E-state index in [1.165, 1.54) is 4.90 Å². The van der Waals surface area contributed by atoms with E-state index in [4.69, 9.17) is 33.0 Å². The first kappa shape index (κ1) is 16.1. The second kappa shape index (κ2) is 6.64. The van der Waals surface area contributed by atoms with E-state index in [0.29, 0.717) is 29.4 Å². The van der Waals surface area contributed by atoms with Crippen LogP contribution in [0.4, 0.5) is 0 Å². The molecule has 21 heavy (non-hydrogen) atoms. The van der Waals surface area contributed by atoms with Crippen LogP contribution < -0.4 is 0 Å². The van der Waals surface area contributed by atoms with Gasteiger partial charge in [-0.05, 0) is 36.6 Å². The van der Waals surface area contributed by atoms with Crippen LogP contribution in [0.15, 0.2) is 18.2 Å². The number of halogens is 2. The molecule has 2 atom stereocenters. The Hall–Kier alpha value is -1.30. The number of carbonyl (C=O) groups excluding carboxylic acids is 1. The summed E-state index contributed by atoms with van der Waals surface area (Å²) in [5.41, 5.74) is 0.802. The maximum absolute atomic E-state index is 12.2. The lowest BCUT2D eigenvalue weighted by atomic mass is 10.1. The predicted octanol–water partition coefficient (Wildman–Crippen LogP) is 2.58. The van der Waals surface area contributed by atoms with Crippen LogP contribution in [0.3, 0.4) is 0 Å². The van der Waals surface area contributed by atoms with Crippen molar-refractivity contribution in [2.45, 2.75) is 31.6 Å². The number of aliphatic carboxylic acids is 1. The lowest BCUT2D eigenvalue weighted by Crippen LogP contribution is -2.36. The fraction of sp³-hybridized carbons (Fsp3) is 0.429. The zero-order chi connectivity index (χ0) is 15.6. The van der Waals surface area contributed by atoms with E-state index in [-0.39, 0.29) is 5.91 Å². The standard InChI is InChI=1S/C14H15Cl2NO4/c1-17(7-8-4-9(15)6-10(16)5-8)13(18)11-2-3-12(21-11)14(19)20/h4-6,11-12H,2-3,7H2,1H3,(H,19,20)/t11-,12+/m0/s1.